The van der Waals surface area contributed by atoms with E-state index in [2.05, 4.69) is 29.2 Å². The van der Waals surface area contributed by atoms with E-state index in [4.69, 9.17) is 14.2 Å². The van der Waals surface area contributed by atoms with E-state index < -0.39 is 17.7 Å². The molecule has 1 atom stereocenters. The third kappa shape index (κ3) is 3.39. The monoisotopic (exact) mass is 450 g/mol. The Morgan fingerprint density at radius 1 is 1.16 bits per heavy atom. The minimum Gasteiger partial charge on any atom is -0.447 e. The van der Waals surface area contributed by atoms with Crippen molar-refractivity contribution in [1.82, 2.24) is 0 Å². The molecule has 6 heteroatoms. The molecule has 1 aliphatic rings. The van der Waals surface area contributed by atoms with E-state index >= 15 is 0 Å². The molecule has 3 rings (SSSR count). The molecule has 0 saturated carbocycles. The Morgan fingerprint density at radius 3 is 2.48 bits per heavy atom. The molecule has 128 valence electrons. The van der Waals surface area contributed by atoms with Gasteiger partial charge in [0.15, 0.2) is 0 Å². The lowest BCUT2D eigenvalue weighted by molar-refractivity contribution is -0.148. The highest BCUT2D eigenvalue weighted by atomic mass is 127. The maximum atomic E-state index is 12.6. The Labute approximate surface area is 158 Å². The van der Waals surface area contributed by atoms with E-state index in [0.29, 0.717) is 11.3 Å². The molecule has 0 N–H and O–H groups in total. The van der Waals surface area contributed by atoms with Crippen LogP contribution >= 0.6 is 22.6 Å². The van der Waals surface area contributed by atoms with Crippen LogP contribution < -0.4 is 9.47 Å². The van der Waals surface area contributed by atoms with E-state index in [-0.39, 0.29) is 16.9 Å². The molecule has 0 bridgehead atoms. The van der Waals surface area contributed by atoms with Crippen molar-refractivity contribution >= 4 is 34.5 Å². The van der Waals surface area contributed by atoms with Crippen molar-refractivity contribution in [1.29, 1.82) is 0 Å². The highest BCUT2D eigenvalue weighted by Crippen LogP contribution is 2.41. The van der Waals surface area contributed by atoms with Crippen molar-refractivity contribution < 1.29 is 23.8 Å². The van der Waals surface area contributed by atoms with Gasteiger partial charge in [-0.15, -0.1) is 0 Å². The molecule has 5 nitrogen and oxygen atoms in total. The van der Waals surface area contributed by atoms with E-state index in [0.717, 1.165) is 3.57 Å². The Kier molecular flexibility index (Phi) is 4.55. The number of ether oxygens (including phenoxy) is 3. The van der Waals surface area contributed by atoms with Gasteiger partial charge in [-0.05, 0) is 53.8 Å². The summed E-state index contributed by atoms with van der Waals surface area (Å²) in [5, 5.41) is 0. The van der Waals surface area contributed by atoms with Crippen LogP contribution in [0.2, 0.25) is 0 Å². The van der Waals surface area contributed by atoms with Crippen LogP contribution in [0.15, 0.2) is 54.6 Å². The van der Waals surface area contributed by atoms with Crippen LogP contribution in [0.3, 0.4) is 0 Å². The summed E-state index contributed by atoms with van der Waals surface area (Å²) in [4.78, 5) is 24.4. The molecule has 1 unspecified atom stereocenters. The van der Waals surface area contributed by atoms with Crippen molar-refractivity contribution in [2.45, 2.75) is 19.6 Å². The maximum absolute atomic E-state index is 12.6. The van der Waals surface area contributed by atoms with Crippen molar-refractivity contribution in [3.05, 3.63) is 69.3 Å². The highest BCUT2D eigenvalue weighted by molar-refractivity contribution is 14.1. The molecule has 1 heterocycles. The van der Waals surface area contributed by atoms with E-state index in [9.17, 15) is 9.59 Å². The topological polar surface area (TPSA) is 61.8 Å². The molecule has 0 radical (unpaired) electrons. The third-order valence-corrected chi connectivity index (χ3v) is 4.42. The van der Waals surface area contributed by atoms with Gasteiger partial charge in [0, 0.05) is 21.6 Å². The van der Waals surface area contributed by atoms with Gasteiger partial charge in [-0.3, -0.25) is 0 Å². The summed E-state index contributed by atoms with van der Waals surface area (Å²) < 4.78 is 17.7. The molecular weight excluding hydrogens is 435 g/mol. The second-order valence-corrected chi connectivity index (χ2v) is 6.99. The van der Waals surface area contributed by atoms with Crippen molar-refractivity contribution in [2.24, 2.45) is 0 Å². The lowest BCUT2D eigenvalue weighted by atomic mass is 10.0. The summed E-state index contributed by atoms with van der Waals surface area (Å²) >= 11 is 2.19. The summed E-state index contributed by atoms with van der Waals surface area (Å²) in [6.45, 7) is 6.73. The van der Waals surface area contributed by atoms with Crippen LogP contribution in [0.4, 0.5) is 0 Å². The summed E-state index contributed by atoms with van der Waals surface area (Å²) in [6.07, 6.45) is 0. The molecule has 25 heavy (non-hydrogen) atoms. The summed E-state index contributed by atoms with van der Waals surface area (Å²) in [7, 11) is 0. The largest absolute Gasteiger partial charge is 0.447 e. The average molecular weight is 450 g/mol. The van der Waals surface area contributed by atoms with E-state index in [1.807, 2.05) is 24.3 Å². The number of hydrogen-bond donors (Lipinski definition) is 0. The predicted octanol–water partition coefficient (Wildman–Crippen LogP) is 4.19. The molecule has 0 spiro atoms. The summed E-state index contributed by atoms with van der Waals surface area (Å²) in [6, 6.07) is 12.3. The fourth-order valence-electron chi connectivity index (χ4n) is 2.40. The number of rotatable bonds is 3. The van der Waals surface area contributed by atoms with Gasteiger partial charge in [0.1, 0.15) is 17.1 Å². The number of halogens is 1. The smallest absolute Gasteiger partial charge is 0.349 e. The molecule has 2 aromatic rings. The second kappa shape index (κ2) is 6.51. The van der Waals surface area contributed by atoms with Crippen molar-refractivity contribution in [2.75, 3.05) is 0 Å². The quantitative estimate of drug-likeness (QED) is 0.304. The van der Waals surface area contributed by atoms with Gasteiger partial charge in [-0.2, -0.15) is 0 Å². The van der Waals surface area contributed by atoms with Crippen molar-refractivity contribution in [3.63, 3.8) is 0 Å². The van der Waals surface area contributed by atoms with E-state index in [1.165, 1.54) is 13.0 Å². The van der Waals surface area contributed by atoms with Crippen LogP contribution in [-0.4, -0.2) is 11.9 Å². The second-order valence-electron chi connectivity index (χ2n) is 5.74. The molecule has 2 aromatic carbocycles. The number of carbonyl (C=O) groups excluding carboxylic acids is 2. The minimum absolute atomic E-state index is 0.0834. The number of esters is 2. The van der Waals surface area contributed by atoms with Crippen LogP contribution in [0.1, 0.15) is 29.8 Å². The van der Waals surface area contributed by atoms with Gasteiger partial charge in [0.25, 0.3) is 5.79 Å². The first kappa shape index (κ1) is 17.5. The first-order chi connectivity index (χ1) is 11.8. The van der Waals surface area contributed by atoms with Crippen LogP contribution in [0, 0.1) is 3.57 Å². The Morgan fingerprint density at radius 2 is 1.84 bits per heavy atom. The first-order valence-electron chi connectivity index (χ1n) is 7.49. The molecule has 1 aliphatic heterocycles. The molecular formula is C19H15IO5. The number of carbonyl (C=O) groups is 2. The minimum atomic E-state index is -1.26. The fourth-order valence-corrected chi connectivity index (χ4v) is 2.76. The summed E-state index contributed by atoms with van der Waals surface area (Å²) in [5.74, 6) is -2.12. The van der Waals surface area contributed by atoms with Gasteiger partial charge >= 0.3 is 11.9 Å². The maximum Gasteiger partial charge on any atom is 0.349 e. The lowest BCUT2D eigenvalue weighted by Crippen LogP contribution is -2.39. The van der Waals surface area contributed by atoms with Gasteiger partial charge < -0.3 is 14.2 Å². The number of benzene rings is 2. The number of hydrogen-bond acceptors (Lipinski definition) is 5. The van der Waals surface area contributed by atoms with Crippen LogP contribution in [0.25, 0.3) is 0 Å². The zero-order valence-corrected chi connectivity index (χ0v) is 15.8. The van der Waals surface area contributed by atoms with Gasteiger partial charge in [0.05, 0.1) is 0 Å². The zero-order valence-electron chi connectivity index (χ0n) is 13.7. The van der Waals surface area contributed by atoms with Crippen LogP contribution in [0.5, 0.6) is 11.5 Å². The average Bonchev–Trinajstić information content (AvgIpc) is 2.54. The highest BCUT2D eigenvalue weighted by Gasteiger charge is 2.41. The molecule has 0 amide bonds. The normalized spacial score (nSPS) is 18.6. The predicted molar refractivity (Wildman–Crippen MR) is 99.4 cm³/mol. The SMILES string of the molecule is C=C(C)C(=O)Oc1cccc2c1C(=O)OC(C)(c1ccc(I)cc1)O2. The molecule has 0 aromatic heterocycles. The summed E-state index contributed by atoms with van der Waals surface area (Å²) in [5.41, 5.74) is 1.02. The number of cyclic esters (lactones) is 1. The first-order valence-corrected chi connectivity index (χ1v) is 8.57. The van der Waals surface area contributed by atoms with Gasteiger partial charge in [0.2, 0.25) is 0 Å². The number of fused-ring (bicyclic) bond motifs is 1. The molecule has 0 saturated heterocycles. The van der Waals surface area contributed by atoms with Gasteiger partial charge in [-0.25, -0.2) is 9.59 Å². The molecule has 0 aliphatic carbocycles. The Balaban J connectivity index is 1.99. The Hall–Kier alpha value is -2.35. The standard InChI is InChI=1S/C19H15IO5/c1-11(2)17(21)23-14-5-4-6-15-16(14)18(22)25-19(3,24-15)12-7-9-13(20)10-8-12/h4-10H,1H2,2-3H3. The van der Waals surface area contributed by atoms with Crippen molar-refractivity contribution in [3.8, 4) is 11.5 Å². The lowest BCUT2D eigenvalue weighted by Gasteiger charge is -2.35. The molecule has 0 fully saturated rings. The van der Waals surface area contributed by atoms with Gasteiger partial charge in [-0.1, -0.05) is 24.8 Å². The van der Waals surface area contributed by atoms with E-state index in [1.54, 1.807) is 19.1 Å². The zero-order chi connectivity index (χ0) is 18.2. The third-order valence-electron chi connectivity index (χ3n) is 3.70. The Bertz CT molecular complexity index is 872. The fraction of sp³-hybridized carbons (Fsp3) is 0.158. The van der Waals surface area contributed by atoms with Crippen LogP contribution in [-0.2, 0) is 15.3 Å².